The van der Waals surface area contributed by atoms with E-state index in [0.717, 1.165) is 57.9 Å². The number of fused-ring (bicyclic) bond motifs is 1. The maximum Gasteiger partial charge on any atom is 0.219 e. The summed E-state index contributed by atoms with van der Waals surface area (Å²) >= 11 is 0. The Kier molecular flexibility index (Phi) is 7.74. The molecular weight excluding hydrogens is 400 g/mol. The van der Waals surface area contributed by atoms with Gasteiger partial charge in [-0.25, -0.2) is 0 Å². The molecule has 32 heavy (non-hydrogen) atoms. The van der Waals surface area contributed by atoms with Crippen molar-refractivity contribution in [3.05, 3.63) is 30.0 Å². The second kappa shape index (κ2) is 10.7. The van der Waals surface area contributed by atoms with Crippen LogP contribution in [0.25, 0.3) is 10.9 Å². The van der Waals surface area contributed by atoms with Crippen LogP contribution in [-0.4, -0.2) is 77.6 Å². The number of piperidine rings is 2. The Morgan fingerprint density at radius 3 is 2.62 bits per heavy atom. The van der Waals surface area contributed by atoms with Crippen molar-refractivity contribution in [3.8, 4) is 5.75 Å². The summed E-state index contributed by atoms with van der Waals surface area (Å²) in [6.45, 7) is 12.1. The number of amides is 1. The van der Waals surface area contributed by atoms with E-state index < -0.39 is 0 Å². The molecule has 0 aliphatic carbocycles. The van der Waals surface area contributed by atoms with Gasteiger partial charge in [-0.2, -0.15) is 0 Å². The van der Waals surface area contributed by atoms with Crippen LogP contribution >= 0.6 is 0 Å². The maximum absolute atomic E-state index is 12.5. The van der Waals surface area contributed by atoms with E-state index in [2.05, 4.69) is 44.5 Å². The highest BCUT2D eigenvalue weighted by Crippen LogP contribution is 2.28. The van der Waals surface area contributed by atoms with Crippen LogP contribution < -0.4 is 4.74 Å². The van der Waals surface area contributed by atoms with Crippen molar-refractivity contribution in [1.29, 1.82) is 0 Å². The number of hydrogen-bond donors (Lipinski definition) is 0. The first-order chi connectivity index (χ1) is 15.6. The second-order valence-corrected chi connectivity index (χ2v) is 9.47. The summed E-state index contributed by atoms with van der Waals surface area (Å²) in [5.41, 5.74) is 2.62. The molecule has 2 aromatic rings. The Morgan fingerprint density at radius 2 is 1.91 bits per heavy atom. The van der Waals surface area contributed by atoms with Gasteiger partial charge in [0.15, 0.2) is 0 Å². The summed E-state index contributed by atoms with van der Waals surface area (Å²) in [5.74, 6) is 1.13. The van der Waals surface area contributed by atoms with Crippen LogP contribution in [0, 0.1) is 0 Å². The number of likely N-dealkylation sites (tertiary alicyclic amines) is 2. The zero-order valence-corrected chi connectivity index (χ0v) is 20.2. The highest BCUT2D eigenvalue weighted by atomic mass is 16.5. The van der Waals surface area contributed by atoms with Crippen LogP contribution in [0.1, 0.15) is 51.5 Å². The molecule has 0 spiro atoms. The minimum absolute atomic E-state index is 0.223. The Morgan fingerprint density at radius 1 is 1.12 bits per heavy atom. The molecule has 1 aromatic carbocycles. The van der Waals surface area contributed by atoms with Gasteiger partial charge in [0.25, 0.3) is 0 Å². The fourth-order valence-corrected chi connectivity index (χ4v) is 5.56. The van der Waals surface area contributed by atoms with Gasteiger partial charge in [0.2, 0.25) is 5.91 Å². The Bertz CT molecular complexity index is 903. The van der Waals surface area contributed by atoms with Crippen molar-refractivity contribution in [3.63, 3.8) is 0 Å². The Balaban J connectivity index is 1.44. The fraction of sp³-hybridized carbons (Fsp3) is 0.654. The maximum atomic E-state index is 12.5. The molecule has 0 radical (unpaired) electrons. The van der Waals surface area contributed by atoms with E-state index in [-0.39, 0.29) is 5.91 Å². The molecule has 0 bridgehead atoms. The van der Waals surface area contributed by atoms with Crippen molar-refractivity contribution in [2.45, 2.75) is 65.1 Å². The van der Waals surface area contributed by atoms with Crippen molar-refractivity contribution >= 4 is 16.8 Å². The lowest BCUT2D eigenvalue weighted by Gasteiger charge is -2.40. The number of aromatic nitrogens is 1. The van der Waals surface area contributed by atoms with Crippen LogP contribution in [0.2, 0.25) is 0 Å². The molecule has 2 aliphatic rings. The SMILES string of the molecule is CCn1cc(CN2CCCC(N(CCN3CCCCC3)C(C)=O)C2)c2cc(OC)ccc21. The van der Waals surface area contributed by atoms with Crippen LogP contribution in [0.3, 0.4) is 0 Å². The molecule has 0 saturated carbocycles. The van der Waals surface area contributed by atoms with Crippen LogP contribution in [0.5, 0.6) is 5.75 Å². The molecule has 1 unspecified atom stereocenters. The fourth-order valence-electron chi connectivity index (χ4n) is 5.56. The number of benzene rings is 1. The minimum Gasteiger partial charge on any atom is -0.497 e. The molecule has 6 nitrogen and oxygen atoms in total. The number of rotatable bonds is 8. The first-order valence-electron chi connectivity index (χ1n) is 12.5. The van der Waals surface area contributed by atoms with Gasteiger partial charge in [-0.3, -0.25) is 9.69 Å². The van der Waals surface area contributed by atoms with Gasteiger partial charge in [0.1, 0.15) is 5.75 Å². The summed E-state index contributed by atoms with van der Waals surface area (Å²) in [7, 11) is 1.73. The minimum atomic E-state index is 0.223. The highest BCUT2D eigenvalue weighted by molar-refractivity contribution is 5.85. The zero-order valence-electron chi connectivity index (χ0n) is 20.2. The lowest BCUT2D eigenvalue weighted by molar-refractivity contribution is -0.132. The number of nitrogens with zero attached hydrogens (tertiary/aromatic N) is 4. The molecular formula is C26H40N4O2. The lowest BCUT2D eigenvalue weighted by atomic mass is 10.0. The van der Waals surface area contributed by atoms with Gasteiger partial charge < -0.3 is 19.1 Å². The molecule has 2 saturated heterocycles. The van der Waals surface area contributed by atoms with Crippen molar-refractivity contribution in [2.75, 3.05) is 46.4 Å². The largest absolute Gasteiger partial charge is 0.497 e. The molecule has 1 amide bonds. The first-order valence-corrected chi connectivity index (χ1v) is 12.5. The third-order valence-corrected chi connectivity index (χ3v) is 7.34. The molecule has 4 rings (SSSR count). The van der Waals surface area contributed by atoms with Crippen LogP contribution in [0.4, 0.5) is 0 Å². The third kappa shape index (κ3) is 5.29. The van der Waals surface area contributed by atoms with Gasteiger partial charge in [-0.15, -0.1) is 0 Å². The number of aryl methyl sites for hydroxylation is 1. The van der Waals surface area contributed by atoms with Crippen molar-refractivity contribution in [1.82, 2.24) is 19.3 Å². The normalized spacial score (nSPS) is 20.5. The lowest BCUT2D eigenvalue weighted by Crippen LogP contribution is -2.51. The van der Waals surface area contributed by atoms with Crippen LogP contribution in [-0.2, 0) is 17.9 Å². The van der Waals surface area contributed by atoms with E-state index in [4.69, 9.17) is 4.74 Å². The number of ether oxygens (including phenoxy) is 1. The van der Waals surface area contributed by atoms with E-state index in [9.17, 15) is 4.79 Å². The Hall–Kier alpha value is -2.05. The van der Waals surface area contributed by atoms with Crippen LogP contribution in [0.15, 0.2) is 24.4 Å². The van der Waals surface area contributed by atoms with Gasteiger partial charge >= 0.3 is 0 Å². The quantitative estimate of drug-likeness (QED) is 0.623. The van der Waals surface area contributed by atoms with E-state index in [1.54, 1.807) is 14.0 Å². The molecule has 1 atom stereocenters. The highest BCUT2D eigenvalue weighted by Gasteiger charge is 2.28. The van der Waals surface area contributed by atoms with E-state index in [1.165, 1.54) is 48.8 Å². The average molecular weight is 441 g/mol. The molecule has 6 heteroatoms. The van der Waals surface area contributed by atoms with E-state index in [0.29, 0.717) is 6.04 Å². The van der Waals surface area contributed by atoms with E-state index >= 15 is 0 Å². The topological polar surface area (TPSA) is 41.0 Å². The van der Waals surface area contributed by atoms with Gasteiger partial charge in [0.05, 0.1) is 7.11 Å². The number of hydrogen-bond acceptors (Lipinski definition) is 4. The summed E-state index contributed by atoms with van der Waals surface area (Å²) < 4.78 is 7.82. The third-order valence-electron chi connectivity index (χ3n) is 7.34. The molecule has 0 N–H and O–H groups in total. The molecule has 3 heterocycles. The summed E-state index contributed by atoms with van der Waals surface area (Å²) in [4.78, 5) is 19.8. The molecule has 176 valence electrons. The Labute approximate surface area is 193 Å². The summed E-state index contributed by atoms with van der Waals surface area (Å²) in [5, 5.41) is 1.28. The number of carbonyl (C=O) groups excluding carboxylic acids is 1. The van der Waals surface area contributed by atoms with Gasteiger partial charge in [0, 0.05) is 62.8 Å². The predicted molar refractivity (Wildman–Crippen MR) is 130 cm³/mol. The monoisotopic (exact) mass is 440 g/mol. The first kappa shape index (κ1) is 23.1. The van der Waals surface area contributed by atoms with Gasteiger partial charge in [-0.1, -0.05) is 6.42 Å². The van der Waals surface area contributed by atoms with Crippen molar-refractivity contribution < 1.29 is 9.53 Å². The average Bonchev–Trinajstić information content (AvgIpc) is 3.16. The molecule has 1 aromatic heterocycles. The van der Waals surface area contributed by atoms with Crippen molar-refractivity contribution in [2.24, 2.45) is 0 Å². The standard InChI is InChI=1S/C26H40N4O2/c1-4-29-19-22(25-17-24(32-3)10-11-26(25)29)18-28-14-8-9-23(20-28)30(21(2)31)16-15-27-12-6-5-7-13-27/h10-11,17,19,23H,4-9,12-16,18,20H2,1-3H3. The van der Waals surface area contributed by atoms with E-state index in [1.807, 2.05) is 6.07 Å². The summed E-state index contributed by atoms with van der Waals surface area (Å²) in [6.07, 6.45) is 8.51. The molecule has 2 fully saturated rings. The zero-order chi connectivity index (χ0) is 22.5. The molecule has 2 aliphatic heterocycles. The predicted octanol–water partition coefficient (Wildman–Crippen LogP) is 3.97. The van der Waals surface area contributed by atoms with Gasteiger partial charge in [-0.05, 0) is 76.0 Å². The summed E-state index contributed by atoms with van der Waals surface area (Å²) in [6, 6.07) is 6.69. The second-order valence-electron chi connectivity index (χ2n) is 9.47. The number of carbonyl (C=O) groups is 1. The smallest absolute Gasteiger partial charge is 0.219 e. The number of methoxy groups -OCH3 is 1.